The van der Waals surface area contributed by atoms with Crippen LogP contribution in [0.25, 0.3) is 0 Å². The fourth-order valence-electron chi connectivity index (χ4n) is 8.19. The Morgan fingerprint density at radius 3 is 2.53 bits per heavy atom. The molecule has 0 saturated heterocycles. The van der Waals surface area contributed by atoms with Crippen molar-refractivity contribution in [2.45, 2.75) is 92.4 Å². The Morgan fingerprint density at radius 2 is 1.80 bits per heavy atom. The maximum absolute atomic E-state index is 9.43. The predicted octanol–water partition coefficient (Wildman–Crippen LogP) is 7.72. The minimum Gasteiger partial charge on any atom is -0.396 e. The van der Waals surface area contributed by atoms with E-state index in [2.05, 4.69) is 58.9 Å². The van der Waals surface area contributed by atoms with Crippen LogP contribution in [0.1, 0.15) is 92.4 Å². The number of fused-ring (bicyclic) bond motifs is 5. The van der Waals surface area contributed by atoms with Gasteiger partial charge in [-0.15, -0.1) is 0 Å². The van der Waals surface area contributed by atoms with E-state index in [9.17, 15) is 5.11 Å². The summed E-state index contributed by atoms with van der Waals surface area (Å²) < 4.78 is 0. The van der Waals surface area contributed by atoms with Crippen molar-refractivity contribution in [2.24, 2.45) is 46.3 Å². The zero-order valence-corrected chi connectivity index (χ0v) is 20.3. The van der Waals surface area contributed by atoms with E-state index < -0.39 is 0 Å². The highest BCUT2D eigenvalue weighted by molar-refractivity contribution is 5.38. The molecule has 0 aromatic heterocycles. The van der Waals surface area contributed by atoms with Crippen LogP contribution in [-0.2, 0) is 0 Å². The Labute approximate surface area is 186 Å². The number of hydrogen-bond acceptors (Lipinski definition) is 1. The van der Waals surface area contributed by atoms with Gasteiger partial charge < -0.3 is 5.11 Å². The molecule has 0 bridgehead atoms. The highest BCUT2D eigenvalue weighted by atomic mass is 16.3. The zero-order chi connectivity index (χ0) is 21.5. The Morgan fingerprint density at radius 1 is 1.00 bits per heavy atom. The van der Waals surface area contributed by atoms with Crippen LogP contribution >= 0.6 is 0 Å². The summed E-state index contributed by atoms with van der Waals surface area (Å²) in [5, 5.41) is 9.43. The van der Waals surface area contributed by atoms with E-state index in [-0.39, 0.29) is 0 Å². The average Bonchev–Trinajstić information content (AvgIpc) is 3.07. The minimum absolute atomic E-state index is 0.300. The van der Waals surface area contributed by atoms with Gasteiger partial charge in [0.25, 0.3) is 0 Å². The second kappa shape index (κ2) is 8.61. The van der Waals surface area contributed by atoms with Crippen LogP contribution in [0, 0.1) is 46.3 Å². The van der Waals surface area contributed by atoms with Gasteiger partial charge in [-0.2, -0.15) is 0 Å². The highest BCUT2D eigenvalue weighted by Gasteiger charge is 2.56. The van der Waals surface area contributed by atoms with E-state index in [4.69, 9.17) is 0 Å². The SMILES string of the molecule is CC(C)[C@@H](C=C[C@@H](C)[C@H]1CC[C@H]2C3=CC=C4CCCC[C@]4(C)[C@H]3CC[C@]12C)CCO. The normalized spacial score (nSPS) is 40.4. The molecular weight excluding hydrogens is 364 g/mol. The zero-order valence-electron chi connectivity index (χ0n) is 20.3. The predicted molar refractivity (Wildman–Crippen MR) is 128 cm³/mol. The molecular formula is C29H46O. The van der Waals surface area contributed by atoms with Crippen LogP contribution in [0.3, 0.4) is 0 Å². The van der Waals surface area contributed by atoms with E-state index in [1.807, 2.05) is 5.57 Å². The van der Waals surface area contributed by atoms with Gasteiger partial charge in [-0.05, 0) is 97.7 Å². The first-order valence-electron chi connectivity index (χ1n) is 13.0. The van der Waals surface area contributed by atoms with Crippen LogP contribution in [0.4, 0.5) is 0 Å². The molecule has 7 atom stereocenters. The summed E-state index contributed by atoms with van der Waals surface area (Å²) in [6.45, 7) is 12.6. The summed E-state index contributed by atoms with van der Waals surface area (Å²) in [6.07, 6.45) is 22.2. The van der Waals surface area contributed by atoms with Crippen LogP contribution in [0.2, 0.25) is 0 Å². The van der Waals surface area contributed by atoms with E-state index in [0.717, 1.165) is 24.2 Å². The molecule has 168 valence electrons. The molecule has 4 aliphatic carbocycles. The molecule has 1 nitrogen and oxygen atoms in total. The van der Waals surface area contributed by atoms with Crippen molar-refractivity contribution in [3.63, 3.8) is 0 Å². The van der Waals surface area contributed by atoms with Crippen molar-refractivity contribution in [1.29, 1.82) is 0 Å². The molecule has 0 aromatic rings. The molecule has 0 unspecified atom stereocenters. The van der Waals surface area contributed by atoms with Crippen LogP contribution in [-0.4, -0.2) is 11.7 Å². The summed E-state index contributed by atoms with van der Waals surface area (Å²) in [7, 11) is 0. The first-order valence-corrected chi connectivity index (χ1v) is 13.0. The van der Waals surface area contributed by atoms with E-state index >= 15 is 0 Å². The number of aliphatic hydroxyl groups is 1. The summed E-state index contributed by atoms with van der Waals surface area (Å²) in [5.41, 5.74) is 4.52. The molecule has 4 rings (SSSR count). The summed E-state index contributed by atoms with van der Waals surface area (Å²) >= 11 is 0. The van der Waals surface area contributed by atoms with Crippen LogP contribution in [0.15, 0.2) is 35.5 Å². The van der Waals surface area contributed by atoms with Gasteiger partial charge in [0.2, 0.25) is 0 Å². The number of rotatable bonds is 6. The van der Waals surface area contributed by atoms with Gasteiger partial charge in [-0.25, -0.2) is 0 Å². The molecule has 0 heterocycles. The number of allylic oxidation sites excluding steroid dienone is 6. The Hall–Kier alpha value is -0.820. The van der Waals surface area contributed by atoms with Crippen LogP contribution < -0.4 is 0 Å². The first-order chi connectivity index (χ1) is 14.3. The smallest absolute Gasteiger partial charge is 0.0436 e. The van der Waals surface area contributed by atoms with Crippen molar-refractivity contribution >= 4 is 0 Å². The molecule has 1 N–H and O–H groups in total. The third-order valence-corrected chi connectivity index (χ3v) is 10.2. The third-order valence-electron chi connectivity index (χ3n) is 10.2. The maximum atomic E-state index is 9.43. The van der Waals surface area contributed by atoms with Gasteiger partial charge in [0.05, 0.1) is 0 Å². The lowest BCUT2D eigenvalue weighted by Crippen LogP contribution is -2.45. The summed E-state index contributed by atoms with van der Waals surface area (Å²) in [5.74, 6) is 4.16. The van der Waals surface area contributed by atoms with E-state index in [1.165, 1.54) is 51.4 Å². The summed E-state index contributed by atoms with van der Waals surface area (Å²) in [4.78, 5) is 0. The van der Waals surface area contributed by atoms with Gasteiger partial charge in [0, 0.05) is 6.61 Å². The Balaban J connectivity index is 1.54. The second-order valence-corrected chi connectivity index (χ2v) is 12.0. The number of hydrogen-bond donors (Lipinski definition) is 1. The van der Waals surface area contributed by atoms with Gasteiger partial charge in [0.15, 0.2) is 0 Å². The molecule has 30 heavy (non-hydrogen) atoms. The first kappa shape index (κ1) is 22.4. The lowest BCUT2D eigenvalue weighted by molar-refractivity contribution is 0.0575. The fourth-order valence-corrected chi connectivity index (χ4v) is 8.19. The van der Waals surface area contributed by atoms with Gasteiger partial charge in [0.1, 0.15) is 0 Å². The molecule has 3 saturated carbocycles. The lowest BCUT2D eigenvalue weighted by atomic mass is 9.50. The molecule has 0 amide bonds. The molecule has 0 aromatic carbocycles. The molecule has 3 fully saturated rings. The molecule has 1 heteroatoms. The average molecular weight is 411 g/mol. The van der Waals surface area contributed by atoms with Crippen LogP contribution in [0.5, 0.6) is 0 Å². The topological polar surface area (TPSA) is 20.2 Å². The van der Waals surface area contributed by atoms with Crippen molar-refractivity contribution in [1.82, 2.24) is 0 Å². The molecule has 0 radical (unpaired) electrons. The largest absolute Gasteiger partial charge is 0.396 e. The highest BCUT2D eigenvalue weighted by Crippen LogP contribution is 2.65. The second-order valence-electron chi connectivity index (χ2n) is 12.0. The van der Waals surface area contributed by atoms with Crippen molar-refractivity contribution in [2.75, 3.05) is 6.61 Å². The lowest BCUT2D eigenvalue weighted by Gasteiger charge is -2.54. The Kier molecular flexibility index (Phi) is 6.42. The third kappa shape index (κ3) is 3.68. The maximum Gasteiger partial charge on any atom is 0.0436 e. The van der Waals surface area contributed by atoms with Crippen molar-refractivity contribution < 1.29 is 5.11 Å². The van der Waals surface area contributed by atoms with E-state index in [0.29, 0.717) is 35.2 Å². The van der Waals surface area contributed by atoms with Crippen molar-refractivity contribution in [3.05, 3.63) is 35.5 Å². The molecule has 4 aliphatic rings. The van der Waals surface area contributed by atoms with Gasteiger partial charge >= 0.3 is 0 Å². The van der Waals surface area contributed by atoms with Gasteiger partial charge in [-0.3, -0.25) is 0 Å². The quantitative estimate of drug-likeness (QED) is 0.444. The number of aliphatic hydroxyl groups excluding tert-OH is 1. The van der Waals surface area contributed by atoms with Crippen molar-refractivity contribution in [3.8, 4) is 0 Å². The minimum atomic E-state index is 0.300. The Bertz CT molecular complexity index is 712. The molecule has 0 spiro atoms. The standard InChI is InChI=1S/C29H46O/c1-20(2)22(16-19-30)10-9-21(3)25-13-14-26-24-12-11-23-8-6-7-17-28(23,4)27(24)15-18-29(25,26)5/h9-12,20-22,25-27,30H,6-8,13-19H2,1-5H3/t21-,22+,25-,26+,27+,28+,29-/m1/s1. The monoisotopic (exact) mass is 410 g/mol. The fraction of sp³-hybridized carbons (Fsp3) is 0.793. The molecule has 0 aliphatic heterocycles. The van der Waals surface area contributed by atoms with E-state index in [1.54, 1.807) is 5.57 Å². The summed E-state index contributed by atoms with van der Waals surface area (Å²) in [6, 6.07) is 0. The van der Waals surface area contributed by atoms with Gasteiger partial charge in [-0.1, -0.05) is 76.5 Å².